The molecule has 4 aromatic rings. The fourth-order valence-corrected chi connectivity index (χ4v) is 4.35. The van der Waals surface area contributed by atoms with Gasteiger partial charge in [0, 0.05) is 24.7 Å². The van der Waals surface area contributed by atoms with Gasteiger partial charge in [0.15, 0.2) is 0 Å². The zero-order chi connectivity index (χ0) is 24.4. The van der Waals surface area contributed by atoms with E-state index < -0.39 is 0 Å². The van der Waals surface area contributed by atoms with E-state index in [0.717, 1.165) is 12.8 Å². The van der Waals surface area contributed by atoms with Crippen LogP contribution in [0, 0.1) is 11.7 Å². The van der Waals surface area contributed by atoms with Gasteiger partial charge >= 0.3 is 0 Å². The highest BCUT2D eigenvalue weighted by Crippen LogP contribution is 2.35. The number of amides is 1. The van der Waals surface area contributed by atoms with E-state index >= 15 is 0 Å². The fraction of sp³-hybridized carbons (Fsp3) is 0.280. The number of carbonyl (C=O) groups excluding carboxylic acids is 1. The molecule has 2 aromatic heterocycles. The Morgan fingerprint density at radius 3 is 2.74 bits per heavy atom. The standard InChI is InChI=1S/C25H24FN5O4/c1-33-18-9-10-20(34-2)19(12-18)29-24(32)16-4-3-11-31(13-16)23-21-22(15-5-7-17(26)8-6-15)30-35-25(21)28-14-27-23/h5-10,12,14,16H,3-4,11,13H2,1-2H3,(H,29,32)/t16-/m0/s1. The third kappa shape index (κ3) is 4.46. The number of hydrogen-bond acceptors (Lipinski definition) is 8. The molecule has 1 amide bonds. The third-order valence-corrected chi connectivity index (χ3v) is 6.13. The monoisotopic (exact) mass is 477 g/mol. The molecule has 3 heterocycles. The number of carbonyl (C=O) groups is 1. The highest BCUT2D eigenvalue weighted by atomic mass is 19.1. The van der Waals surface area contributed by atoms with Crippen molar-refractivity contribution in [3.63, 3.8) is 0 Å². The van der Waals surface area contributed by atoms with Gasteiger partial charge in [0.25, 0.3) is 5.71 Å². The second-order valence-corrected chi connectivity index (χ2v) is 8.26. The van der Waals surface area contributed by atoms with Gasteiger partial charge in [-0.3, -0.25) is 4.79 Å². The number of halogens is 1. The molecule has 0 radical (unpaired) electrons. The Kier molecular flexibility index (Phi) is 6.17. The highest BCUT2D eigenvalue weighted by molar-refractivity contribution is 5.98. The summed E-state index contributed by atoms with van der Waals surface area (Å²) in [6.45, 7) is 1.17. The molecule has 0 unspecified atom stereocenters. The van der Waals surface area contributed by atoms with Crippen LogP contribution < -0.4 is 19.7 Å². The van der Waals surface area contributed by atoms with Crippen molar-refractivity contribution in [2.24, 2.45) is 5.92 Å². The van der Waals surface area contributed by atoms with Gasteiger partial charge in [-0.25, -0.2) is 9.37 Å². The topological polar surface area (TPSA) is 103 Å². The highest BCUT2D eigenvalue weighted by Gasteiger charge is 2.30. The summed E-state index contributed by atoms with van der Waals surface area (Å²) in [7, 11) is 3.12. The predicted molar refractivity (Wildman–Crippen MR) is 128 cm³/mol. The van der Waals surface area contributed by atoms with E-state index in [1.54, 1.807) is 44.6 Å². The number of methoxy groups -OCH3 is 2. The molecule has 1 fully saturated rings. The molecule has 5 rings (SSSR count). The number of hydrogen-bond donors (Lipinski definition) is 1. The lowest BCUT2D eigenvalue weighted by Gasteiger charge is -2.33. The molecule has 35 heavy (non-hydrogen) atoms. The molecule has 9 nitrogen and oxygen atoms in total. The Bertz CT molecular complexity index is 1360. The third-order valence-electron chi connectivity index (χ3n) is 6.13. The minimum absolute atomic E-state index is 0.115. The van der Waals surface area contributed by atoms with E-state index in [2.05, 4.69) is 20.4 Å². The molecule has 0 bridgehead atoms. The van der Waals surface area contributed by atoms with Crippen molar-refractivity contribution in [2.75, 3.05) is 37.5 Å². The molecule has 0 spiro atoms. The molecule has 1 N–H and O–H groups in total. The number of rotatable bonds is 6. The van der Waals surface area contributed by atoms with E-state index in [9.17, 15) is 9.18 Å². The molecule has 2 aromatic carbocycles. The maximum atomic E-state index is 13.4. The summed E-state index contributed by atoms with van der Waals surface area (Å²) in [4.78, 5) is 24.0. The molecule has 1 aliphatic heterocycles. The predicted octanol–water partition coefficient (Wildman–Crippen LogP) is 4.30. The van der Waals surface area contributed by atoms with Crippen molar-refractivity contribution < 1.29 is 23.2 Å². The maximum Gasteiger partial charge on any atom is 0.263 e. The van der Waals surface area contributed by atoms with Crippen LogP contribution >= 0.6 is 0 Å². The molecule has 0 saturated carbocycles. The van der Waals surface area contributed by atoms with Crippen molar-refractivity contribution in [3.05, 3.63) is 54.6 Å². The van der Waals surface area contributed by atoms with Crippen molar-refractivity contribution in [1.82, 2.24) is 15.1 Å². The van der Waals surface area contributed by atoms with E-state index in [0.29, 0.717) is 58.5 Å². The van der Waals surface area contributed by atoms with Crippen LogP contribution in [0.5, 0.6) is 11.5 Å². The van der Waals surface area contributed by atoms with Gasteiger partial charge < -0.3 is 24.2 Å². The Labute approximate surface area is 200 Å². The van der Waals surface area contributed by atoms with E-state index in [1.165, 1.54) is 18.5 Å². The normalized spacial score (nSPS) is 15.7. The second kappa shape index (κ2) is 9.57. The number of fused-ring (bicyclic) bond motifs is 1. The summed E-state index contributed by atoms with van der Waals surface area (Å²) in [5.74, 6) is 1.07. The maximum absolute atomic E-state index is 13.4. The summed E-state index contributed by atoms with van der Waals surface area (Å²) in [6.07, 6.45) is 2.95. The number of ether oxygens (including phenoxy) is 2. The van der Waals surface area contributed by atoms with Crippen molar-refractivity contribution in [1.29, 1.82) is 0 Å². The lowest BCUT2D eigenvalue weighted by molar-refractivity contribution is -0.120. The SMILES string of the molecule is COc1ccc(OC)c(NC(=O)[C@H]2CCCN(c3ncnc4onc(-c5ccc(F)cc5)c34)C2)c1. The lowest BCUT2D eigenvalue weighted by atomic mass is 9.96. The van der Waals surface area contributed by atoms with Crippen LogP contribution in [-0.4, -0.2) is 48.3 Å². The van der Waals surface area contributed by atoms with Gasteiger partial charge in [-0.15, -0.1) is 0 Å². The number of nitrogens with zero attached hydrogens (tertiary/aromatic N) is 4. The van der Waals surface area contributed by atoms with Gasteiger partial charge in [-0.05, 0) is 49.2 Å². The van der Waals surface area contributed by atoms with Crippen LogP contribution in [0.1, 0.15) is 12.8 Å². The summed E-state index contributed by atoms with van der Waals surface area (Å²) < 4.78 is 29.6. The first-order chi connectivity index (χ1) is 17.1. The number of anilines is 2. The van der Waals surface area contributed by atoms with E-state index in [-0.39, 0.29) is 17.6 Å². The first-order valence-electron chi connectivity index (χ1n) is 11.2. The van der Waals surface area contributed by atoms with Crippen LogP contribution in [-0.2, 0) is 4.79 Å². The minimum atomic E-state index is -0.337. The molecule has 1 aliphatic rings. The number of piperidine rings is 1. The van der Waals surface area contributed by atoms with Crippen LogP contribution in [0.4, 0.5) is 15.9 Å². The smallest absolute Gasteiger partial charge is 0.263 e. The largest absolute Gasteiger partial charge is 0.497 e. The van der Waals surface area contributed by atoms with E-state index in [1.807, 2.05) is 4.90 Å². The first kappa shape index (κ1) is 22.6. The molecular weight excluding hydrogens is 453 g/mol. The molecular formula is C25H24FN5O4. The van der Waals surface area contributed by atoms with Crippen LogP contribution in [0.15, 0.2) is 53.3 Å². The molecule has 1 saturated heterocycles. The first-order valence-corrected chi connectivity index (χ1v) is 11.2. The summed E-state index contributed by atoms with van der Waals surface area (Å²) in [6, 6.07) is 11.3. The average Bonchev–Trinajstić information content (AvgIpc) is 3.33. The van der Waals surface area contributed by atoms with Crippen LogP contribution in [0.3, 0.4) is 0 Å². The fourth-order valence-electron chi connectivity index (χ4n) is 4.35. The average molecular weight is 477 g/mol. The Balaban J connectivity index is 1.41. The van der Waals surface area contributed by atoms with Crippen LogP contribution in [0.2, 0.25) is 0 Å². The summed E-state index contributed by atoms with van der Waals surface area (Å²) in [5, 5.41) is 7.78. The van der Waals surface area contributed by atoms with E-state index in [4.69, 9.17) is 14.0 Å². The summed E-state index contributed by atoms with van der Waals surface area (Å²) in [5.41, 5.74) is 2.11. The quantitative estimate of drug-likeness (QED) is 0.439. The zero-order valence-electron chi connectivity index (χ0n) is 19.3. The van der Waals surface area contributed by atoms with Gasteiger partial charge in [0.05, 0.1) is 25.8 Å². The number of nitrogens with one attached hydrogen (secondary N) is 1. The van der Waals surface area contributed by atoms with Crippen molar-refractivity contribution in [2.45, 2.75) is 12.8 Å². The zero-order valence-corrected chi connectivity index (χ0v) is 19.3. The van der Waals surface area contributed by atoms with Crippen molar-refractivity contribution >= 4 is 28.5 Å². The Morgan fingerprint density at radius 2 is 1.97 bits per heavy atom. The number of benzene rings is 2. The van der Waals surface area contributed by atoms with Crippen molar-refractivity contribution in [3.8, 4) is 22.8 Å². The lowest BCUT2D eigenvalue weighted by Crippen LogP contribution is -2.41. The van der Waals surface area contributed by atoms with Gasteiger partial charge in [-0.1, -0.05) is 5.16 Å². The second-order valence-electron chi connectivity index (χ2n) is 8.26. The van der Waals surface area contributed by atoms with Gasteiger partial charge in [0.2, 0.25) is 5.91 Å². The molecule has 0 aliphatic carbocycles. The number of aromatic nitrogens is 3. The molecule has 180 valence electrons. The summed E-state index contributed by atoms with van der Waals surface area (Å²) >= 11 is 0. The minimum Gasteiger partial charge on any atom is -0.497 e. The molecule has 1 atom stereocenters. The molecule has 10 heteroatoms. The Hall–Kier alpha value is -4.21. The van der Waals surface area contributed by atoms with Crippen LogP contribution in [0.25, 0.3) is 22.4 Å². The Morgan fingerprint density at radius 1 is 1.14 bits per heavy atom. The van der Waals surface area contributed by atoms with Gasteiger partial charge in [0.1, 0.15) is 40.5 Å². The van der Waals surface area contributed by atoms with Gasteiger partial charge in [-0.2, -0.15) is 4.98 Å².